The standard InChI is InChI=1S/C40H66O5Si/c1-27(26-42-46(9,10)40(6,7)8)21-37-31(5)35(24-32-15-12-11-13-16-32)39(45-37)25-38-30(4)28(2)22-34(44-38)18-19-36-29(3)23-33(43-36)17-14-20-41/h11-13,15-16,27-28,31,33-39,41H,3-4,14,17-26H2,1-2,5-10H3/t27-,28+,31+,33?,34-,35+,36?,37+,38?,39-/m0/s1. The number of rotatable bonds is 15. The van der Waals surface area contributed by atoms with Gasteiger partial charge in [0.05, 0.1) is 36.6 Å². The lowest BCUT2D eigenvalue weighted by molar-refractivity contribution is -0.0747. The van der Waals surface area contributed by atoms with Crippen molar-refractivity contribution in [3.8, 4) is 0 Å². The van der Waals surface area contributed by atoms with Crippen molar-refractivity contribution < 1.29 is 23.7 Å². The molecular weight excluding hydrogens is 589 g/mol. The van der Waals surface area contributed by atoms with E-state index in [-0.39, 0.29) is 48.3 Å². The van der Waals surface area contributed by atoms with Gasteiger partial charge in [0.1, 0.15) is 0 Å². The Bertz CT molecular complexity index is 1110. The normalized spacial score (nSPS) is 33.1. The maximum Gasteiger partial charge on any atom is 0.191 e. The highest BCUT2D eigenvalue weighted by Crippen LogP contribution is 2.43. The molecule has 3 unspecified atom stereocenters. The van der Waals surface area contributed by atoms with E-state index < -0.39 is 8.32 Å². The first-order valence-electron chi connectivity index (χ1n) is 18.3. The summed E-state index contributed by atoms with van der Waals surface area (Å²) < 4.78 is 26.8. The summed E-state index contributed by atoms with van der Waals surface area (Å²) in [6.45, 7) is 28.6. The first-order valence-corrected chi connectivity index (χ1v) is 21.2. The minimum absolute atomic E-state index is 0.00677. The molecule has 5 nitrogen and oxygen atoms in total. The highest BCUT2D eigenvalue weighted by Gasteiger charge is 2.45. The largest absolute Gasteiger partial charge is 0.417 e. The zero-order valence-corrected chi connectivity index (χ0v) is 31.4. The number of benzene rings is 1. The van der Waals surface area contributed by atoms with Crippen LogP contribution in [0.4, 0.5) is 0 Å². The third-order valence-corrected chi connectivity index (χ3v) is 16.3. The van der Waals surface area contributed by atoms with Gasteiger partial charge in [-0.2, -0.15) is 0 Å². The predicted octanol–water partition coefficient (Wildman–Crippen LogP) is 9.30. The Morgan fingerprint density at radius 3 is 2.33 bits per heavy atom. The van der Waals surface area contributed by atoms with Crippen LogP contribution < -0.4 is 0 Å². The van der Waals surface area contributed by atoms with Gasteiger partial charge in [0.15, 0.2) is 8.32 Å². The summed E-state index contributed by atoms with van der Waals surface area (Å²) in [6.07, 6.45) is 9.26. The quantitative estimate of drug-likeness (QED) is 0.151. The number of hydrogen-bond donors (Lipinski definition) is 1. The van der Waals surface area contributed by atoms with Crippen molar-refractivity contribution in [1.29, 1.82) is 0 Å². The van der Waals surface area contributed by atoms with Crippen molar-refractivity contribution in [3.05, 3.63) is 60.2 Å². The topological polar surface area (TPSA) is 57.2 Å². The second kappa shape index (κ2) is 16.4. The maximum atomic E-state index is 9.22. The van der Waals surface area contributed by atoms with E-state index in [0.29, 0.717) is 23.7 Å². The number of ether oxygens (including phenoxy) is 3. The lowest BCUT2D eigenvalue weighted by Crippen LogP contribution is -2.42. The van der Waals surface area contributed by atoms with Crippen LogP contribution in [-0.2, 0) is 25.1 Å². The van der Waals surface area contributed by atoms with Gasteiger partial charge in [0.25, 0.3) is 0 Å². The summed E-state index contributed by atoms with van der Waals surface area (Å²) in [5.41, 5.74) is 3.79. The van der Waals surface area contributed by atoms with Crippen LogP contribution in [0, 0.1) is 23.7 Å². The second-order valence-corrected chi connectivity index (χ2v) is 21.4. The Hall–Kier alpha value is -1.28. The third-order valence-electron chi connectivity index (χ3n) is 11.8. The van der Waals surface area contributed by atoms with Gasteiger partial charge in [-0.05, 0) is 110 Å². The molecule has 0 aliphatic carbocycles. The van der Waals surface area contributed by atoms with Crippen molar-refractivity contribution in [2.75, 3.05) is 13.2 Å². The summed E-state index contributed by atoms with van der Waals surface area (Å²) in [5.74, 6) is 1.75. The van der Waals surface area contributed by atoms with Crippen LogP contribution in [0.15, 0.2) is 54.6 Å². The lowest BCUT2D eigenvalue weighted by atomic mass is 9.78. The van der Waals surface area contributed by atoms with Crippen LogP contribution in [0.25, 0.3) is 0 Å². The Labute approximate surface area is 282 Å². The van der Waals surface area contributed by atoms with E-state index in [2.05, 4.69) is 98.1 Å². The van der Waals surface area contributed by atoms with Crippen LogP contribution in [-0.4, -0.2) is 63.3 Å². The van der Waals surface area contributed by atoms with Gasteiger partial charge in [0, 0.05) is 19.6 Å². The molecule has 0 amide bonds. The SMILES string of the molecule is C=C1CC(CCCO)OC1CC[C@H]1C[C@@H](C)C(=C)C(C[C@@H]2O[C@H](C[C@H](C)CO[Si](C)(C)C(C)(C)C)[C@H](C)[C@H]2Cc2ccccc2)O1. The average molecular weight is 655 g/mol. The monoisotopic (exact) mass is 654 g/mol. The Morgan fingerprint density at radius 2 is 1.65 bits per heavy atom. The molecule has 0 spiro atoms. The zero-order chi connectivity index (χ0) is 33.6. The smallest absolute Gasteiger partial charge is 0.191 e. The average Bonchev–Trinajstić information content (AvgIpc) is 3.49. The Morgan fingerprint density at radius 1 is 0.957 bits per heavy atom. The van der Waals surface area contributed by atoms with E-state index in [4.69, 9.17) is 18.6 Å². The molecule has 3 aliphatic rings. The molecule has 10 atom stereocenters. The van der Waals surface area contributed by atoms with Crippen molar-refractivity contribution in [2.45, 2.75) is 154 Å². The van der Waals surface area contributed by atoms with Gasteiger partial charge in [-0.15, -0.1) is 0 Å². The molecule has 0 saturated carbocycles. The number of aliphatic hydroxyl groups is 1. The van der Waals surface area contributed by atoms with E-state index in [1.165, 1.54) is 16.7 Å². The highest BCUT2D eigenvalue weighted by molar-refractivity contribution is 6.74. The molecule has 3 saturated heterocycles. The molecule has 3 fully saturated rings. The fraction of sp³-hybridized carbons (Fsp3) is 0.750. The van der Waals surface area contributed by atoms with E-state index in [1.807, 2.05) is 0 Å². The van der Waals surface area contributed by atoms with Crippen LogP contribution in [0.1, 0.15) is 98.5 Å². The van der Waals surface area contributed by atoms with Gasteiger partial charge >= 0.3 is 0 Å². The Balaban J connectivity index is 1.39. The summed E-state index contributed by atoms with van der Waals surface area (Å²) >= 11 is 0. The van der Waals surface area contributed by atoms with Gasteiger partial charge in [-0.3, -0.25) is 0 Å². The summed E-state index contributed by atoms with van der Waals surface area (Å²) in [7, 11) is -1.79. The first kappa shape index (κ1) is 37.5. The molecule has 260 valence electrons. The van der Waals surface area contributed by atoms with Crippen molar-refractivity contribution in [3.63, 3.8) is 0 Å². The van der Waals surface area contributed by atoms with Gasteiger partial charge in [0.2, 0.25) is 0 Å². The third kappa shape index (κ3) is 9.89. The zero-order valence-electron chi connectivity index (χ0n) is 30.4. The van der Waals surface area contributed by atoms with Gasteiger partial charge in [-0.25, -0.2) is 0 Å². The summed E-state index contributed by atoms with van der Waals surface area (Å²) in [5, 5.41) is 9.44. The molecule has 3 heterocycles. The van der Waals surface area contributed by atoms with Crippen LogP contribution >= 0.6 is 0 Å². The maximum absolute atomic E-state index is 9.22. The fourth-order valence-electron chi connectivity index (χ4n) is 7.54. The van der Waals surface area contributed by atoms with Gasteiger partial charge in [-0.1, -0.05) is 85.0 Å². The molecular formula is C40H66O5Si. The van der Waals surface area contributed by atoms with E-state index >= 15 is 0 Å². The van der Waals surface area contributed by atoms with Crippen molar-refractivity contribution >= 4 is 8.32 Å². The molecule has 1 aromatic rings. The molecule has 1 N–H and O–H groups in total. The van der Waals surface area contributed by atoms with Crippen LogP contribution in [0.3, 0.4) is 0 Å². The minimum atomic E-state index is -1.79. The van der Waals surface area contributed by atoms with Crippen molar-refractivity contribution in [1.82, 2.24) is 0 Å². The Kier molecular flexibility index (Phi) is 13.4. The summed E-state index contributed by atoms with van der Waals surface area (Å²) in [4.78, 5) is 0. The molecule has 6 heteroatoms. The minimum Gasteiger partial charge on any atom is -0.417 e. The van der Waals surface area contributed by atoms with E-state index in [0.717, 1.165) is 64.4 Å². The molecule has 4 rings (SSSR count). The fourth-order valence-corrected chi connectivity index (χ4v) is 8.67. The molecule has 46 heavy (non-hydrogen) atoms. The first-order chi connectivity index (χ1) is 21.7. The second-order valence-electron chi connectivity index (χ2n) is 16.6. The molecule has 0 bridgehead atoms. The number of aliphatic hydroxyl groups excluding tert-OH is 1. The molecule has 0 aromatic heterocycles. The van der Waals surface area contributed by atoms with Crippen molar-refractivity contribution in [2.24, 2.45) is 23.7 Å². The molecule has 0 radical (unpaired) electrons. The van der Waals surface area contributed by atoms with E-state index in [9.17, 15) is 5.11 Å². The van der Waals surface area contributed by atoms with Gasteiger partial charge < -0.3 is 23.7 Å². The molecule has 3 aliphatic heterocycles. The van der Waals surface area contributed by atoms with Crippen LogP contribution in [0.5, 0.6) is 0 Å². The van der Waals surface area contributed by atoms with Crippen LogP contribution in [0.2, 0.25) is 18.1 Å². The molecule has 1 aromatic carbocycles. The summed E-state index contributed by atoms with van der Waals surface area (Å²) in [6, 6.07) is 10.9. The lowest BCUT2D eigenvalue weighted by Gasteiger charge is -2.38. The predicted molar refractivity (Wildman–Crippen MR) is 193 cm³/mol. The number of hydrogen-bond acceptors (Lipinski definition) is 5. The van der Waals surface area contributed by atoms with E-state index in [1.54, 1.807) is 0 Å². The highest BCUT2D eigenvalue weighted by atomic mass is 28.4.